The summed E-state index contributed by atoms with van der Waals surface area (Å²) >= 11 is 2.04. The average molecular weight is 477 g/mol. The zero-order chi connectivity index (χ0) is 17.2. The zero-order valence-electron chi connectivity index (χ0n) is 14.9. The van der Waals surface area contributed by atoms with E-state index in [1.165, 1.54) is 6.42 Å². The Morgan fingerprint density at radius 3 is 2.96 bits per heavy atom. The van der Waals surface area contributed by atoms with Gasteiger partial charge in [-0.1, -0.05) is 6.92 Å². The number of amides is 1. The minimum absolute atomic E-state index is 0. The summed E-state index contributed by atoms with van der Waals surface area (Å²) in [6.45, 7) is 8.30. The SMILES string of the molecule is CCNC(=NCCNC(=O)c1cccnc1)N1CCSC(CC)C1.I. The number of aliphatic imine (C=N–C) groups is 1. The van der Waals surface area contributed by atoms with Crippen molar-refractivity contribution in [2.45, 2.75) is 25.5 Å². The molecule has 0 radical (unpaired) electrons. The van der Waals surface area contributed by atoms with Crippen molar-refractivity contribution in [2.75, 3.05) is 38.5 Å². The Balaban J connectivity index is 0.00000312. The maximum atomic E-state index is 12.0. The second-order valence-corrected chi connectivity index (χ2v) is 6.99. The van der Waals surface area contributed by atoms with Crippen molar-refractivity contribution in [1.29, 1.82) is 0 Å². The summed E-state index contributed by atoms with van der Waals surface area (Å²) in [5.41, 5.74) is 0.576. The van der Waals surface area contributed by atoms with E-state index in [-0.39, 0.29) is 29.9 Å². The topological polar surface area (TPSA) is 69.6 Å². The number of nitrogens with zero attached hydrogens (tertiary/aromatic N) is 3. The molecule has 0 aliphatic carbocycles. The van der Waals surface area contributed by atoms with Crippen LogP contribution in [-0.2, 0) is 0 Å². The number of aromatic nitrogens is 1. The lowest BCUT2D eigenvalue weighted by atomic mass is 10.3. The Kier molecular flexibility index (Phi) is 10.9. The quantitative estimate of drug-likeness (QED) is 0.285. The smallest absolute Gasteiger partial charge is 0.252 e. The first-order chi connectivity index (χ1) is 11.7. The number of nitrogens with one attached hydrogen (secondary N) is 2. The molecule has 1 saturated heterocycles. The number of guanidine groups is 1. The predicted octanol–water partition coefficient (Wildman–Crippen LogP) is 2.22. The van der Waals surface area contributed by atoms with E-state index in [0.717, 1.165) is 31.3 Å². The summed E-state index contributed by atoms with van der Waals surface area (Å²) in [4.78, 5) is 22.9. The Bertz CT molecular complexity index is 543. The van der Waals surface area contributed by atoms with Gasteiger partial charge in [-0.25, -0.2) is 0 Å². The second-order valence-electron chi connectivity index (χ2n) is 5.58. The monoisotopic (exact) mass is 477 g/mol. The van der Waals surface area contributed by atoms with Crippen LogP contribution in [0.5, 0.6) is 0 Å². The summed E-state index contributed by atoms with van der Waals surface area (Å²) in [7, 11) is 0. The first kappa shape index (κ1) is 22.0. The van der Waals surface area contributed by atoms with Crippen LogP contribution in [0.25, 0.3) is 0 Å². The van der Waals surface area contributed by atoms with E-state index >= 15 is 0 Å². The van der Waals surface area contributed by atoms with E-state index in [9.17, 15) is 4.79 Å². The molecule has 25 heavy (non-hydrogen) atoms. The van der Waals surface area contributed by atoms with Gasteiger partial charge in [-0.05, 0) is 25.5 Å². The molecule has 0 saturated carbocycles. The molecule has 1 aromatic heterocycles. The largest absolute Gasteiger partial charge is 0.357 e. The van der Waals surface area contributed by atoms with Crippen LogP contribution >= 0.6 is 35.7 Å². The summed E-state index contributed by atoms with van der Waals surface area (Å²) in [5.74, 6) is 1.98. The fourth-order valence-electron chi connectivity index (χ4n) is 2.51. The van der Waals surface area contributed by atoms with Gasteiger partial charge in [0, 0.05) is 49.6 Å². The van der Waals surface area contributed by atoms with Crippen LogP contribution in [-0.4, -0.2) is 65.5 Å². The fraction of sp³-hybridized carbons (Fsp3) is 0.588. The fourth-order valence-corrected chi connectivity index (χ4v) is 3.70. The third-order valence-electron chi connectivity index (χ3n) is 3.81. The maximum absolute atomic E-state index is 12.0. The van der Waals surface area contributed by atoms with Gasteiger partial charge in [0.15, 0.2) is 5.96 Å². The number of hydrogen-bond acceptors (Lipinski definition) is 4. The summed E-state index contributed by atoms with van der Waals surface area (Å²) in [5, 5.41) is 6.92. The molecule has 6 nitrogen and oxygen atoms in total. The molecule has 1 unspecified atom stereocenters. The van der Waals surface area contributed by atoms with Crippen molar-refractivity contribution in [3.63, 3.8) is 0 Å². The third-order valence-corrected chi connectivity index (χ3v) is 5.18. The molecule has 0 aromatic carbocycles. The highest BCUT2D eigenvalue weighted by Gasteiger charge is 2.21. The number of hydrogen-bond donors (Lipinski definition) is 2. The van der Waals surface area contributed by atoms with E-state index in [4.69, 9.17) is 0 Å². The molecule has 1 fully saturated rings. The molecular weight excluding hydrogens is 449 g/mol. The van der Waals surface area contributed by atoms with Gasteiger partial charge < -0.3 is 15.5 Å². The highest BCUT2D eigenvalue weighted by atomic mass is 127. The number of carbonyl (C=O) groups excluding carboxylic acids is 1. The number of carbonyl (C=O) groups is 1. The minimum Gasteiger partial charge on any atom is -0.357 e. The average Bonchev–Trinajstić information content (AvgIpc) is 2.64. The Morgan fingerprint density at radius 1 is 1.44 bits per heavy atom. The van der Waals surface area contributed by atoms with Gasteiger partial charge in [-0.3, -0.25) is 14.8 Å². The summed E-state index contributed by atoms with van der Waals surface area (Å²) < 4.78 is 0. The predicted molar refractivity (Wildman–Crippen MR) is 116 cm³/mol. The van der Waals surface area contributed by atoms with Gasteiger partial charge in [-0.15, -0.1) is 24.0 Å². The molecule has 1 atom stereocenters. The summed E-state index contributed by atoms with van der Waals surface area (Å²) in [6, 6.07) is 3.51. The lowest BCUT2D eigenvalue weighted by Gasteiger charge is -2.34. The number of halogens is 1. The highest BCUT2D eigenvalue weighted by Crippen LogP contribution is 2.20. The van der Waals surface area contributed by atoms with Crippen molar-refractivity contribution in [2.24, 2.45) is 4.99 Å². The molecule has 2 heterocycles. The van der Waals surface area contributed by atoms with Crippen molar-refractivity contribution in [1.82, 2.24) is 20.5 Å². The Morgan fingerprint density at radius 2 is 2.28 bits per heavy atom. The van der Waals surface area contributed by atoms with Crippen LogP contribution in [0.3, 0.4) is 0 Å². The number of rotatable bonds is 6. The minimum atomic E-state index is -0.108. The van der Waals surface area contributed by atoms with Crippen molar-refractivity contribution in [3.8, 4) is 0 Å². The zero-order valence-corrected chi connectivity index (χ0v) is 18.0. The van der Waals surface area contributed by atoms with Crippen LogP contribution in [0.15, 0.2) is 29.5 Å². The van der Waals surface area contributed by atoms with E-state index in [1.807, 2.05) is 11.8 Å². The first-order valence-electron chi connectivity index (χ1n) is 8.57. The molecule has 0 spiro atoms. The van der Waals surface area contributed by atoms with E-state index in [2.05, 4.69) is 39.4 Å². The normalized spacial score (nSPS) is 17.6. The highest BCUT2D eigenvalue weighted by molar-refractivity contribution is 14.0. The van der Waals surface area contributed by atoms with Gasteiger partial charge in [0.05, 0.1) is 12.1 Å². The van der Waals surface area contributed by atoms with Gasteiger partial charge in [0.2, 0.25) is 0 Å². The molecule has 2 N–H and O–H groups in total. The lowest BCUT2D eigenvalue weighted by molar-refractivity contribution is 0.0954. The van der Waals surface area contributed by atoms with E-state index in [0.29, 0.717) is 23.9 Å². The summed E-state index contributed by atoms with van der Waals surface area (Å²) in [6.07, 6.45) is 4.41. The van der Waals surface area contributed by atoms with E-state index in [1.54, 1.807) is 24.5 Å². The van der Waals surface area contributed by atoms with Gasteiger partial charge >= 0.3 is 0 Å². The van der Waals surface area contributed by atoms with Crippen LogP contribution in [0.1, 0.15) is 30.6 Å². The molecule has 1 aromatic rings. The lowest BCUT2D eigenvalue weighted by Crippen LogP contribution is -2.48. The third kappa shape index (κ3) is 7.39. The van der Waals surface area contributed by atoms with Crippen molar-refractivity contribution in [3.05, 3.63) is 30.1 Å². The standard InChI is InChI=1S/C17H27N5OS.HI/c1-3-15-13-22(10-11-24-15)17(19-4-2)21-9-8-20-16(23)14-6-5-7-18-12-14;/h5-7,12,15H,3-4,8-11,13H2,1-2H3,(H,19,21)(H,20,23);1H. The van der Waals surface area contributed by atoms with Crippen LogP contribution in [0.2, 0.25) is 0 Å². The number of pyridine rings is 1. The van der Waals surface area contributed by atoms with Gasteiger partial charge in [-0.2, -0.15) is 11.8 Å². The van der Waals surface area contributed by atoms with Crippen molar-refractivity contribution >= 4 is 47.6 Å². The molecule has 140 valence electrons. The first-order valence-corrected chi connectivity index (χ1v) is 9.62. The number of thioether (sulfide) groups is 1. The van der Waals surface area contributed by atoms with Crippen LogP contribution in [0.4, 0.5) is 0 Å². The maximum Gasteiger partial charge on any atom is 0.252 e. The molecule has 1 aliphatic heterocycles. The van der Waals surface area contributed by atoms with Gasteiger partial charge in [0.1, 0.15) is 0 Å². The second kappa shape index (κ2) is 12.3. The Labute approximate surface area is 171 Å². The molecule has 2 rings (SSSR count). The molecule has 0 bridgehead atoms. The van der Waals surface area contributed by atoms with Crippen LogP contribution < -0.4 is 10.6 Å². The molecular formula is C17H28IN5OS. The van der Waals surface area contributed by atoms with Gasteiger partial charge in [0.25, 0.3) is 5.91 Å². The molecule has 1 aliphatic rings. The van der Waals surface area contributed by atoms with E-state index < -0.39 is 0 Å². The van der Waals surface area contributed by atoms with Crippen molar-refractivity contribution < 1.29 is 4.79 Å². The molecule has 1 amide bonds. The Hall–Kier alpha value is -1.03. The molecule has 8 heteroatoms. The van der Waals surface area contributed by atoms with Crippen LogP contribution in [0, 0.1) is 0 Å².